The molecule has 1 N–H and O–H groups in total. The van der Waals surface area contributed by atoms with Crippen molar-refractivity contribution in [1.29, 1.82) is 0 Å². The Bertz CT molecular complexity index is 576. The van der Waals surface area contributed by atoms with Crippen LogP contribution < -0.4 is 5.32 Å². The highest BCUT2D eigenvalue weighted by molar-refractivity contribution is 6.30. The Morgan fingerprint density at radius 3 is 2.85 bits per heavy atom. The number of hydrogen-bond acceptors (Lipinski definition) is 3. The Morgan fingerprint density at radius 1 is 1.25 bits per heavy atom. The number of rotatable bonds is 4. The minimum absolute atomic E-state index is 0.267. The smallest absolute Gasteiger partial charge is 0.147 e. The molecule has 0 amide bonds. The van der Waals surface area contributed by atoms with Crippen LogP contribution in [0.15, 0.2) is 24.3 Å². The fourth-order valence-electron chi connectivity index (χ4n) is 2.61. The van der Waals surface area contributed by atoms with Crippen molar-refractivity contribution in [3.8, 4) is 0 Å². The van der Waals surface area contributed by atoms with Gasteiger partial charge in [0, 0.05) is 24.0 Å². The lowest BCUT2D eigenvalue weighted by Crippen LogP contribution is -2.22. The van der Waals surface area contributed by atoms with Crippen LogP contribution in [0, 0.1) is 0 Å². The van der Waals surface area contributed by atoms with Crippen molar-refractivity contribution in [2.75, 3.05) is 0 Å². The quantitative estimate of drug-likeness (QED) is 0.941. The standard InChI is InChI=1S/C15H19ClN4/c1-11(12-5-7-13(16)8-6-12)17-10-15-19-18-14-4-2-3-9-20(14)15/h5-8,11,17H,2-4,9-10H2,1H3/t11-/m0/s1. The number of aromatic nitrogens is 3. The first kappa shape index (κ1) is 13.6. The Kier molecular flexibility index (Phi) is 4.03. The van der Waals surface area contributed by atoms with Crippen LogP contribution in [0.4, 0.5) is 0 Å². The average Bonchev–Trinajstić information content (AvgIpc) is 2.89. The van der Waals surface area contributed by atoms with E-state index in [1.54, 1.807) is 0 Å². The predicted octanol–water partition coefficient (Wildman–Crippen LogP) is 3.12. The topological polar surface area (TPSA) is 42.7 Å². The molecule has 1 atom stereocenters. The van der Waals surface area contributed by atoms with Gasteiger partial charge < -0.3 is 9.88 Å². The van der Waals surface area contributed by atoms with E-state index in [4.69, 9.17) is 11.6 Å². The Balaban J connectivity index is 1.64. The zero-order chi connectivity index (χ0) is 13.9. The highest BCUT2D eigenvalue weighted by Gasteiger charge is 2.16. The number of hydrogen-bond donors (Lipinski definition) is 1. The number of nitrogens with zero attached hydrogens (tertiary/aromatic N) is 3. The molecule has 0 unspecified atom stereocenters. The lowest BCUT2D eigenvalue weighted by atomic mass is 10.1. The van der Waals surface area contributed by atoms with Crippen molar-refractivity contribution in [2.45, 2.75) is 45.3 Å². The van der Waals surface area contributed by atoms with Gasteiger partial charge in [-0.15, -0.1) is 10.2 Å². The zero-order valence-corrected chi connectivity index (χ0v) is 12.4. The molecule has 2 heterocycles. The van der Waals surface area contributed by atoms with Gasteiger partial charge in [-0.3, -0.25) is 0 Å². The van der Waals surface area contributed by atoms with Gasteiger partial charge in [-0.2, -0.15) is 0 Å². The molecule has 20 heavy (non-hydrogen) atoms. The fraction of sp³-hybridized carbons (Fsp3) is 0.467. The SMILES string of the molecule is C[C@H](NCc1nnc2n1CCCC2)c1ccc(Cl)cc1. The molecule has 0 aliphatic carbocycles. The van der Waals surface area contributed by atoms with Crippen LogP contribution in [-0.4, -0.2) is 14.8 Å². The van der Waals surface area contributed by atoms with Crippen LogP contribution in [0.1, 0.15) is 43.0 Å². The van der Waals surface area contributed by atoms with E-state index in [2.05, 4.69) is 39.1 Å². The van der Waals surface area contributed by atoms with Gasteiger partial charge in [0.25, 0.3) is 0 Å². The van der Waals surface area contributed by atoms with Gasteiger partial charge in [0.1, 0.15) is 11.6 Å². The van der Waals surface area contributed by atoms with Crippen molar-refractivity contribution < 1.29 is 0 Å². The molecule has 0 radical (unpaired) electrons. The van der Waals surface area contributed by atoms with Gasteiger partial charge in [-0.25, -0.2) is 0 Å². The van der Waals surface area contributed by atoms with Crippen molar-refractivity contribution in [3.63, 3.8) is 0 Å². The molecule has 1 aliphatic heterocycles. The summed E-state index contributed by atoms with van der Waals surface area (Å²) in [5.74, 6) is 2.17. The summed E-state index contributed by atoms with van der Waals surface area (Å²) in [5.41, 5.74) is 1.23. The van der Waals surface area contributed by atoms with Gasteiger partial charge in [-0.05, 0) is 37.5 Å². The molecule has 0 saturated heterocycles. The molecule has 106 valence electrons. The number of aryl methyl sites for hydroxylation is 1. The van der Waals surface area contributed by atoms with Crippen LogP contribution in [0.5, 0.6) is 0 Å². The number of nitrogens with one attached hydrogen (secondary N) is 1. The summed E-state index contributed by atoms with van der Waals surface area (Å²) in [5, 5.41) is 12.9. The monoisotopic (exact) mass is 290 g/mol. The van der Waals surface area contributed by atoms with Gasteiger partial charge in [-0.1, -0.05) is 23.7 Å². The summed E-state index contributed by atoms with van der Waals surface area (Å²) in [6.07, 6.45) is 3.51. The van der Waals surface area contributed by atoms with Crippen LogP contribution in [0.2, 0.25) is 5.02 Å². The molecule has 0 spiro atoms. The highest BCUT2D eigenvalue weighted by atomic mass is 35.5. The van der Waals surface area contributed by atoms with Gasteiger partial charge in [0.2, 0.25) is 0 Å². The minimum Gasteiger partial charge on any atom is -0.314 e. The summed E-state index contributed by atoms with van der Waals surface area (Å²) < 4.78 is 2.26. The van der Waals surface area contributed by atoms with Gasteiger partial charge in [0.15, 0.2) is 0 Å². The molecule has 3 rings (SSSR count). The normalized spacial score (nSPS) is 15.9. The summed E-state index contributed by atoms with van der Waals surface area (Å²) >= 11 is 5.91. The van der Waals surface area contributed by atoms with E-state index in [9.17, 15) is 0 Å². The van der Waals surface area contributed by atoms with Gasteiger partial charge in [0.05, 0.1) is 6.54 Å². The number of benzene rings is 1. The summed E-state index contributed by atoms with van der Waals surface area (Å²) in [4.78, 5) is 0. The maximum atomic E-state index is 5.91. The third-order valence-corrected chi connectivity index (χ3v) is 4.12. The lowest BCUT2D eigenvalue weighted by molar-refractivity contribution is 0.484. The first-order valence-electron chi connectivity index (χ1n) is 7.14. The van der Waals surface area contributed by atoms with Crippen LogP contribution in [-0.2, 0) is 19.5 Å². The van der Waals surface area contributed by atoms with E-state index >= 15 is 0 Å². The van der Waals surface area contributed by atoms with Crippen LogP contribution in [0.25, 0.3) is 0 Å². The van der Waals surface area contributed by atoms with E-state index in [1.807, 2.05) is 12.1 Å². The molecular formula is C15H19ClN4. The minimum atomic E-state index is 0.267. The maximum Gasteiger partial charge on any atom is 0.147 e. The lowest BCUT2D eigenvalue weighted by Gasteiger charge is -2.17. The molecule has 0 fully saturated rings. The highest BCUT2D eigenvalue weighted by Crippen LogP contribution is 2.18. The number of fused-ring (bicyclic) bond motifs is 1. The zero-order valence-electron chi connectivity index (χ0n) is 11.6. The first-order chi connectivity index (χ1) is 9.74. The van der Waals surface area contributed by atoms with Crippen LogP contribution in [0.3, 0.4) is 0 Å². The van der Waals surface area contributed by atoms with Crippen LogP contribution >= 0.6 is 11.6 Å². The molecule has 1 aliphatic rings. The molecule has 1 aromatic carbocycles. The van der Waals surface area contributed by atoms with E-state index in [-0.39, 0.29) is 6.04 Å². The Labute approximate surface area is 124 Å². The molecule has 1 aromatic heterocycles. The van der Waals surface area contributed by atoms with Crippen molar-refractivity contribution in [3.05, 3.63) is 46.5 Å². The summed E-state index contributed by atoms with van der Waals surface area (Å²) in [7, 11) is 0. The van der Waals surface area contributed by atoms with E-state index < -0.39 is 0 Å². The molecular weight excluding hydrogens is 272 g/mol. The third kappa shape index (κ3) is 2.86. The predicted molar refractivity (Wildman–Crippen MR) is 79.7 cm³/mol. The second-order valence-corrected chi connectivity index (χ2v) is 5.73. The number of halogens is 1. The Morgan fingerprint density at radius 2 is 2.05 bits per heavy atom. The van der Waals surface area contributed by atoms with Crippen molar-refractivity contribution >= 4 is 11.6 Å². The van der Waals surface area contributed by atoms with Crippen molar-refractivity contribution in [1.82, 2.24) is 20.1 Å². The van der Waals surface area contributed by atoms with E-state index in [1.165, 1.54) is 18.4 Å². The molecule has 5 heteroatoms. The first-order valence-corrected chi connectivity index (χ1v) is 7.51. The molecule has 2 aromatic rings. The summed E-state index contributed by atoms with van der Waals surface area (Å²) in [6.45, 7) is 3.95. The summed E-state index contributed by atoms with van der Waals surface area (Å²) in [6, 6.07) is 8.23. The van der Waals surface area contributed by atoms with E-state index in [0.717, 1.165) is 36.2 Å². The molecule has 0 saturated carbocycles. The van der Waals surface area contributed by atoms with Crippen molar-refractivity contribution in [2.24, 2.45) is 0 Å². The molecule has 0 bridgehead atoms. The van der Waals surface area contributed by atoms with E-state index in [0.29, 0.717) is 0 Å². The second kappa shape index (κ2) is 5.94. The molecule has 4 nitrogen and oxygen atoms in total. The average molecular weight is 291 g/mol. The largest absolute Gasteiger partial charge is 0.314 e. The van der Waals surface area contributed by atoms with Gasteiger partial charge >= 0.3 is 0 Å². The Hall–Kier alpha value is -1.39. The maximum absolute atomic E-state index is 5.91. The second-order valence-electron chi connectivity index (χ2n) is 5.30. The third-order valence-electron chi connectivity index (χ3n) is 3.87. The fourth-order valence-corrected chi connectivity index (χ4v) is 2.74.